The lowest BCUT2D eigenvalue weighted by Gasteiger charge is -2.10. The summed E-state index contributed by atoms with van der Waals surface area (Å²) in [4.78, 5) is 33.7. The maximum atomic E-state index is 12.0. The molecule has 0 bridgehead atoms. The van der Waals surface area contributed by atoms with Crippen LogP contribution in [0.4, 0.5) is 16.2 Å². The number of carbonyl (C=O) groups is 3. The molecule has 0 radical (unpaired) electrons. The second-order valence-electron chi connectivity index (χ2n) is 5.24. The molecular formula is C18H19N3O3. The molecule has 6 heteroatoms. The van der Waals surface area contributed by atoms with Crippen molar-refractivity contribution in [1.29, 1.82) is 0 Å². The number of benzene rings is 2. The summed E-state index contributed by atoms with van der Waals surface area (Å²) in [6.07, 6.45) is 0.821. The average Bonchev–Trinajstić information content (AvgIpc) is 2.57. The number of carbonyl (C=O) groups excluding carboxylic acids is 3. The van der Waals surface area contributed by atoms with Gasteiger partial charge in [-0.3, -0.25) is 4.79 Å². The van der Waals surface area contributed by atoms with Gasteiger partial charge in [-0.05, 0) is 36.2 Å². The van der Waals surface area contributed by atoms with E-state index in [1.54, 1.807) is 24.3 Å². The maximum Gasteiger partial charge on any atom is 0.323 e. The monoisotopic (exact) mass is 325 g/mol. The molecule has 0 atom stereocenters. The first-order chi connectivity index (χ1) is 11.6. The standard InChI is InChI=1S/C18H19N3O3/c1-13-4-2-3-5-16(13)21-18(24)20-15-8-6-14(7-9-15)12-17(23)19-10-11-22/h2-9,11H,10,12H2,1H3,(H,19,23)(H2,20,21,24). The number of hydrogen-bond acceptors (Lipinski definition) is 3. The molecule has 0 unspecified atom stereocenters. The van der Waals surface area contributed by atoms with Crippen LogP contribution in [0.15, 0.2) is 48.5 Å². The fraction of sp³-hybridized carbons (Fsp3) is 0.167. The second-order valence-corrected chi connectivity index (χ2v) is 5.24. The number of anilines is 2. The topological polar surface area (TPSA) is 87.3 Å². The predicted molar refractivity (Wildman–Crippen MR) is 93.0 cm³/mol. The third kappa shape index (κ3) is 5.24. The minimum Gasteiger partial charge on any atom is -0.349 e. The molecule has 0 heterocycles. The molecule has 0 aliphatic rings. The zero-order valence-electron chi connectivity index (χ0n) is 13.3. The molecule has 0 saturated heterocycles. The summed E-state index contributed by atoms with van der Waals surface area (Å²) in [5.74, 6) is -0.222. The molecular weight excluding hydrogens is 306 g/mol. The number of aldehydes is 1. The number of hydrogen-bond donors (Lipinski definition) is 3. The largest absolute Gasteiger partial charge is 0.349 e. The van der Waals surface area contributed by atoms with Crippen LogP contribution in [-0.2, 0) is 16.0 Å². The molecule has 0 fully saturated rings. The summed E-state index contributed by atoms with van der Waals surface area (Å²) in [7, 11) is 0. The maximum absolute atomic E-state index is 12.0. The SMILES string of the molecule is Cc1ccccc1NC(=O)Nc1ccc(CC(=O)NCC=O)cc1. The van der Waals surface area contributed by atoms with E-state index in [1.165, 1.54) is 0 Å². The van der Waals surface area contributed by atoms with E-state index in [0.717, 1.165) is 16.8 Å². The summed E-state index contributed by atoms with van der Waals surface area (Å²) < 4.78 is 0. The van der Waals surface area contributed by atoms with E-state index < -0.39 is 0 Å². The highest BCUT2D eigenvalue weighted by atomic mass is 16.2. The van der Waals surface area contributed by atoms with E-state index in [2.05, 4.69) is 16.0 Å². The molecule has 124 valence electrons. The lowest BCUT2D eigenvalue weighted by Crippen LogP contribution is -2.26. The van der Waals surface area contributed by atoms with Gasteiger partial charge in [0.05, 0.1) is 13.0 Å². The van der Waals surface area contributed by atoms with Crippen LogP contribution < -0.4 is 16.0 Å². The van der Waals surface area contributed by atoms with Crippen molar-refractivity contribution in [2.45, 2.75) is 13.3 Å². The quantitative estimate of drug-likeness (QED) is 0.713. The van der Waals surface area contributed by atoms with Crippen LogP contribution in [0, 0.1) is 6.92 Å². The van der Waals surface area contributed by atoms with Gasteiger partial charge in [0, 0.05) is 11.4 Å². The zero-order valence-corrected chi connectivity index (χ0v) is 13.3. The van der Waals surface area contributed by atoms with Crippen LogP contribution in [-0.4, -0.2) is 24.8 Å². The third-order valence-corrected chi connectivity index (χ3v) is 3.35. The first-order valence-electron chi connectivity index (χ1n) is 7.51. The number of amides is 3. The summed E-state index contributed by atoms with van der Waals surface area (Å²) in [6.45, 7) is 1.93. The van der Waals surface area contributed by atoms with Gasteiger partial charge in [0.25, 0.3) is 0 Å². The predicted octanol–water partition coefficient (Wildman–Crippen LogP) is 2.50. The van der Waals surface area contributed by atoms with Crippen molar-refractivity contribution in [3.05, 3.63) is 59.7 Å². The molecule has 6 nitrogen and oxygen atoms in total. The van der Waals surface area contributed by atoms with Crippen LogP contribution in [0.1, 0.15) is 11.1 Å². The lowest BCUT2D eigenvalue weighted by atomic mass is 10.1. The number of nitrogens with one attached hydrogen (secondary N) is 3. The van der Waals surface area contributed by atoms with Crippen molar-refractivity contribution in [3.8, 4) is 0 Å². The second kappa shape index (κ2) is 8.47. The Labute approximate surface area is 140 Å². The smallest absolute Gasteiger partial charge is 0.323 e. The summed E-state index contributed by atoms with van der Waals surface area (Å²) >= 11 is 0. The highest BCUT2D eigenvalue weighted by molar-refractivity contribution is 6.00. The molecule has 2 rings (SSSR count). The van der Waals surface area contributed by atoms with Crippen molar-refractivity contribution in [3.63, 3.8) is 0 Å². The van der Waals surface area contributed by atoms with Crippen LogP contribution in [0.25, 0.3) is 0 Å². The Balaban J connectivity index is 1.89. The van der Waals surface area contributed by atoms with Gasteiger partial charge in [0.2, 0.25) is 5.91 Å². The Morgan fingerprint density at radius 1 is 1.00 bits per heavy atom. The van der Waals surface area contributed by atoms with Gasteiger partial charge in [-0.25, -0.2) is 4.79 Å². The lowest BCUT2D eigenvalue weighted by molar-refractivity contribution is -0.121. The molecule has 3 amide bonds. The highest BCUT2D eigenvalue weighted by Crippen LogP contribution is 2.15. The van der Waals surface area contributed by atoms with Crippen molar-refractivity contribution in [2.75, 3.05) is 17.2 Å². The first kappa shape index (κ1) is 17.2. The van der Waals surface area contributed by atoms with E-state index >= 15 is 0 Å². The number of aryl methyl sites for hydroxylation is 1. The third-order valence-electron chi connectivity index (χ3n) is 3.35. The van der Waals surface area contributed by atoms with E-state index in [1.807, 2.05) is 31.2 Å². The van der Waals surface area contributed by atoms with Gasteiger partial charge in [-0.1, -0.05) is 30.3 Å². The fourth-order valence-electron chi connectivity index (χ4n) is 2.11. The molecule has 2 aromatic rings. The molecule has 3 N–H and O–H groups in total. The van der Waals surface area contributed by atoms with Crippen LogP contribution in [0.2, 0.25) is 0 Å². The van der Waals surface area contributed by atoms with Crippen molar-refractivity contribution >= 4 is 29.6 Å². The summed E-state index contributed by atoms with van der Waals surface area (Å²) in [5.41, 5.74) is 3.14. The van der Waals surface area contributed by atoms with Crippen LogP contribution in [0.3, 0.4) is 0 Å². The van der Waals surface area contributed by atoms with Gasteiger partial charge >= 0.3 is 6.03 Å². The Kier molecular flexibility index (Phi) is 6.08. The number of rotatable bonds is 6. The molecule has 0 spiro atoms. The Morgan fingerprint density at radius 3 is 2.38 bits per heavy atom. The normalized spacial score (nSPS) is 9.88. The molecule has 0 aliphatic heterocycles. The van der Waals surface area contributed by atoms with E-state index in [0.29, 0.717) is 12.0 Å². The molecule has 24 heavy (non-hydrogen) atoms. The summed E-state index contributed by atoms with van der Waals surface area (Å²) in [6, 6.07) is 14.1. The zero-order chi connectivity index (χ0) is 17.4. The van der Waals surface area contributed by atoms with Gasteiger partial charge in [0.1, 0.15) is 6.29 Å². The van der Waals surface area contributed by atoms with Crippen LogP contribution >= 0.6 is 0 Å². The van der Waals surface area contributed by atoms with Gasteiger partial charge in [-0.15, -0.1) is 0 Å². The Hall–Kier alpha value is -3.15. The van der Waals surface area contributed by atoms with Gasteiger partial charge < -0.3 is 20.7 Å². The minimum absolute atomic E-state index is 0.0115. The highest BCUT2D eigenvalue weighted by Gasteiger charge is 2.06. The number of urea groups is 1. The van der Waals surface area contributed by atoms with Gasteiger partial charge in [0.15, 0.2) is 0 Å². The fourth-order valence-corrected chi connectivity index (χ4v) is 2.11. The van der Waals surface area contributed by atoms with Crippen LogP contribution in [0.5, 0.6) is 0 Å². The van der Waals surface area contributed by atoms with E-state index in [-0.39, 0.29) is 24.9 Å². The Bertz CT molecular complexity index is 727. The molecule has 0 aliphatic carbocycles. The van der Waals surface area contributed by atoms with Crippen molar-refractivity contribution in [2.24, 2.45) is 0 Å². The van der Waals surface area contributed by atoms with E-state index in [9.17, 15) is 14.4 Å². The van der Waals surface area contributed by atoms with Crippen molar-refractivity contribution < 1.29 is 14.4 Å². The summed E-state index contributed by atoms with van der Waals surface area (Å²) in [5, 5.41) is 7.99. The molecule has 0 aromatic heterocycles. The number of para-hydroxylation sites is 1. The first-order valence-corrected chi connectivity index (χ1v) is 7.51. The van der Waals surface area contributed by atoms with E-state index in [4.69, 9.17) is 0 Å². The molecule has 0 saturated carbocycles. The average molecular weight is 325 g/mol. The van der Waals surface area contributed by atoms with Gasteiger partial charge in [-0.2, -0.15) is 0 Å². The van der Waals surface area contributed by atoms with Crippen molar-refractivity contribution in [1.82, 2.24) is 5.32 Å². The Morgan fingerprint density at radius 2 is 1.71 bits per heavy atom. The minimum atomic E-state index is -0.333. The molecule has 2 aromatic carbocycles.